The van der Waals surface area contributed by atoms with Crippen molar-refractivity contribution in [2.75, 3.05) is 7.11 Å². The SMILES string of the molecule is COC(=O)c1cnc2c(C)c(C(F)(F)F)c(=O)[nH]c2c1. The molecule has 1 N–H and O–H groups in total. The minimum absolute atomic E-state index is 0.0235. The van der Waals surface area contributed by atoms with Gasteiger partial charge in [0.1, 0.15) is 5.56 Å². The molecule has 0 radical (unpaired) electrons. The first-order valence-electron chi connectivity index (χ1n) is 5.44. The third kappa shape index (κ3) is 2.24. The summed E-state index contributed by atoms with van der Waals surface area (Å²) in [5.74, 6) is -0.696. The van der Waals surface area contributed by atoms with Crippen molar-refractivity contribution in [2.45, 2.75) is 13.1 Å². The average molecular weight is 286 g/mol. The van der Waals surface area contributed by atoms with Crippen LogP contribution in [0.1, 0.15) is 21.5 Å². The third-order valence-corrected chi connectivity index (χ3v) is 2.80. The molecule has 0 unspecified atom stereocenters. The summed E-state index contributed by atoms with van der Waals surface area (Å²) in [6.07, 6.45) is -3.67. The molecule has 0 aliphatic rings. The van der Waals surface area contributed by atoms with Gasteiger partial charge in [0.25, 0.3) is 5.56 Å². The number of esters is 1. The number of nitrogens with one attached hydrogen (secondary N) is 1. The molecule has 0 bridgehead atoms. The van der Waals surface area contributed by atoms with Crippen LogP contribution in [0.3, 0.4) is 0 Å². The number of nitrogens with zero attached hydrogens (tertiary/aromatic N) is 1. The van der Waals surface area contributed by atoms with Crippen molar-refractivity contribution in [1.29, 1.82) is 0 Å². The van der Waals surface area contributed by atoms with Crippen LogP contribution in [0.5, 0.6) is 0 Å². The number of aromatic nitrogens is 2. The van der Waals surface area contributed by atoms with E-state index < -0.39 is 23.3 Å². The number of hydrogen-bond donors (Lipinski definition) is 1. The van der Waals surface area contributed by atoms with E-state index in [0.29, 0.717) is 0 Å². The second-order valence-electron chi connectivity index (χ2n) is 4.06. The second-order valence-corrected chi connectivity index (χ2v) is 4.06. The summed E-state index contributed by atoms with van der Waals surface area (Å²) in [6, 6.07) is 1.22. The number of alkyl halides is 3. The molecule has 0 aromatic carbocycles. The van der Waals surface area contributed by atoms with E-state index in [9.17, 15) is 22.8 Å². The number of methoxy groups -OCH3 is 1. The maximum absolute atomic E-state index is 12.8. The second kappa shape index (κ2) is 4.62. The number of ether oxygens (including phenoxy) is 1. The molecule has 8 heteroatoms. The van der Waals surface area contributed by atoms with Crippen molar-refractivity contribution in [1.82, 2.24) is 9.97 Å². The van der Waals surface area contributed by atoms with Crippen LogP contribution >= 0.6 is 0 Å². The normalized spacial score (nSPS) is 11.7. The lowest BCUT2D eigenvalue weighted by molar-refractivity contribution is -0.139. The largest absolute Gasteiger partial charge is 0.465 e. The zero-order chi connectivity index (χ0) is 15.1. The Hall–Kier alpha value is -2.38. The molecule has 0 saturated carbocycles. The van der Waals surface area contributed by atoms with Gasteiger partial charge in [0, 0.05) is 6.20 Å². The van der Waals surface area contributed by atoms with E-state index in [1.165, 1.54) is 6.07 Å². The number of carbonyl (C=O) groups excluding carboxylic acids is 1. The molecule has 106 valence electrons. The van der Waals surface area contributed by atoms with E-state index in [4.69, 9.17) is 0 Å². The van der Waals surface area contributed by atoms with Crippen molar-refractivity contribution < 1.29 is 22.7 Å². The number of halogens is 3. The standard InChI is InChI=1S/C12H9F3N2O3/c1-5-8(12(13,14)15)10(18)17-7-3-6(11(19)20-2)4-16-9(5)7/h3-4H,1-2H3,(H,17,18). The quantitative estimate of drug-likeness (QED) is 0.814. The number of rotatable bonds is 1. The van der Waals surface area contributed by atoms with Gasteiger partial charge in [-0.1, -0.05) is 0 Å². The molecule has 2 aromatic rings. The number of pyridine rings is 2. The summed E-state index contributed by atoms with van der Waals surface area (Å²) in [6.45, 7) is 1.16. The molecule has 2 aromatic heterocycles. The topological polar surface area (TPSA) is 72.0 Å². The molecule has 20 heavy (non-hydrogen) atoms. The summed E-state index contributed by atoms with van der Waals surface area (Å²) in [5, 5.41) is 0. The first kappa shape index (κ1) is 14.0. The van der Waals surface area contributed by atoms with Crippen LogP contribution in [-0.2, 0) is 10.9 Å². The van der Waals surface area contributed by atoms with Gasteiger partial charge in [-0.05, 0) is 18.6 Å². The summed E-state index contributed by atoms with van der Waals surface area (Å²) < 4.78 is 42.8. The summed E-state index contributed by atoms with van der Waals surface area (Å²) in [7, 11) is 1.16. The molecule has 0 fully saturated rings. The fraction of sp³-hybridized carbons (Fsp3) is 0.250. The van der Waals surface area contributed by atoms with E-state index in [0.717, 1.165) is 20.2 Å². The lowest BCUT2D eigenvalue weighted by Gasteiger charge is -2.11. The number of aromatic amines is 1. The van der Waals surface area contributed by atoms with Gasteiger partial charge in [-0.2, -0.15) is 13.2 Å². The van der Waals surface area contributed by atoms with Gasteiger partial charge in [-0.3, -0.25) is 9.78 Å². The number of aryl methyl sites for hydroxylation is 1. The van der Waals surface area contributed by atoms with Gasteiger partial charge in [-0.15, -0.1) is 0 Å². The van der Waals surface area contributed by atoms with Crippen LogP contribution in [0.4, 0.5) is 13.2 Å². The Bertz CT molecular complexity index is 750. The molecule has 2 heterocycles. The minimum atomic E-state index is -4.77. The first-order valence-corrected chi connectivity index (χ1v) is 5.44. The Morgan fingerprint density at radius 1 is 1.40 bits per heavy atom. The van der Waals surface area contributed by atoms with Crippen LogP contribution in [-0.4, -0.2) is 23.0 Å². The van der Waals surface area contributed by atoms with Crippen molar-refractivity contribution >= 4 is 17.0 Å². The molecule has 2 rings (SSSR count). The Morgan fingerprint density at radius 3 is 2.60 bits per heavy atom. The highest BCUT2D eigenvalue weighted by atomic mass is 19.4. The minimum Gasteiger partial charge on any atom is -0.465 e. The molecule has 0 amide bonds. The number of hydrogen-bond acceptors (Lipinski definition) is 4. The Kier molecular flexibility index (Phi) is 3.24. The van der Waals surface area contributed by atoms with Gasteiger partial charge in [0.05, 0.1) is 23.7 Å². The van der Waals surface area contributed by atoms with Gasteiger partial charge in [-0.25, -0.2) is 4.79 Å². The van der Waals surface area contributed by atoms with E-state index in [1.807, 2.05) is 0 Å². The molecule has 5 nitrogen and oxygen atoms in total. The van der Waals surface area contributed by atoms with E-state index in [1.54, 1.807) is 0 Å². The lowest BCUT2D eigenvalue weighted by atomic mass is 10.1. The molecule has 0 aliphatic carbocycles. The Balaban J connectivity index is 2.77. The zero-order valence-corrected chi connectivity index (χ0v) is 10.5. The molecular weight excluding hydrogens is 277 g/mol. The number of carbonyl (C=O) groups is 1. The highest BCUT2D eigenvalue weighted by Crippen LogP contribution is 2.31. The fourth-order valence-electron chi connectivity index (χ4n) is 1.90. The van der Waals surface area contributed by atoms with Crippen molar-refractivity contribution in [3.05, 3.63) is 39.3 Å². The molecule has 0 atom stereocenters. The Morgan fingerprint density at radius 2 is 2.05 bits per heavy atom. The first-order chi connectivity index (χ1) is 9.25. The maximum atomic E-state index is 12.8. The number of fused-ring (bicyclic) bond motifs is 1. The third-order valence-electron chi connectivity index (χ3n) is 2.80. The summed E-state index contributed by atoms with van der Waals surface area (Å²) in [5.41, 5.74) is -2.79. The Labute approximate surface area is 110 Å². The lowest BCUT2D eigenvalue weighted by Crippen LogP contribution is -2.23. The summed E-state index contributed by atoms with van der Waals surface area (Å²) in [4.78, 5) is 28.7. The molecule has 0 spiro atoms. The predicted molar refractivity (Wildman–Crippen MR) is 63.4 cm³/mol. The monoisotopic (exact) mass is 286 g/mol. The fourth-order valence-corrected chi connectivity index (χ4v) is 1.90. The summed E-state index contributed by atoms with van der Waals surface area (Å²) >= 11 is 0. The average Bonchev–Trinajstić information content (AvgIpc) is 2.35. The maximum Gasteiger partial charge on any atom is 0.422 e. The smallest absolute Gasteiger partial charge is 0.422 e. The van der Waals surface area contributed by atoms with Crippen LogP contribution in [0.15, 0.2) is 17.1 Å². The van der Waals surface area contributed by atoms with Crippen molar-refractivity contribution in [2.24, 2.45) is 0 Å². The highest BCUT2D eigenvalue weighted by molar-refractivity contribution is 5.93. The van der Waals surface area contributed by atoms with Gasteiger partial charge in [0.15, 0.2) is 0 Å². The van der Waals surface area contributed by atoms with Gasteiger partial charge >= 0.3 is 12.1 Å². The van der Waals surface area contributed by atoms with Crippen molar-refractivity contribution in [3.8, 4) is 0 Å². The predicted octanol–water partition coefficient (Wildman–Crippen LogP) is 2.04. The zero-order valence-electron chi connectivity index (χ0n) is 10.5. The van der Waals surface area contributed by atoms with E-state index >= 15 is 0 Å². The highest BCUT2D eigenvalue weighted by Gasteiger charge is 2.36. The molecular formula is C12H9F3N2O3. The number of H-pyrrole nitrogens is 1. The van der Waals surface area contributed by atoms with E-state index in [2.05, 4.69) is 14.7 Å². The van der Waals surface area contributed by atoms with Crippen molar-refractivity contribution in [3.63, 3.8) is 0 Å². The molecule has 0 saturated heterocycles. The molecule has 0 aliphatic heterocycles. The van der Waals surface area contributed by atoms with Crippen LogP contribution < -0.4 is 5.56 Å². The van der Waals surface area contributed by atoms with E-state index in [-0.39, 0.29) is 22.2 Å². The van der Waals surface area contributed by atoms with Crippen LogP contribution in [0.2, 0.25) is 0 Å². The van der Waals surface area contributed by atoms with Crippen LogP contribution in [0.25, 0.3) is 11.0 Å². The van der Waals surface area contributed by atoms with Gasteiger partial charge in [0.2, 0.25) is 0 Å². The van der Waals surface area contributed by atoms with Gasteiger partial charge < -0.3 is 9.72 Å². The van der Waals surface area contributed by atoms with Crippen LogP contribution in [0, 0.1) is 6.92 Å².